The van der Waals surface area contributed by atoms with Crippen LogP contribution in [0, 0.1) is 5.92 Å². The monoisotopic (exact) mass is 274 g/mol. The van der Waals surface area contributed by atoms with Crippen molar-refractivity contribution in [1.29, 1.82) is 0 Å². The van der Waals surface area contributed by atoms with Gasteiger partial charge in [-0.25, -0.2) is 8.42 Å². The van der Waals surface area contributed by atoms with Gasteiger partial charge >= 0.3 is 0 Å². The van der Waals surface area contributed by atoms with Crippen molar-refractivity contribution in [3.05, 3.63) is 0 Å². The van der Waals surface area contributed by atoms with E-state index in [-0.39, 0.29) is 30.0 Å². The molecule has 18 heavy (non-hydrogen) atoms. The number of hydrogen-bond donors (Lipinski definition) is 1. The van der Waals surface area contributed by atoms with Crippen LogP contribution in [-0.4, -0.2) is 56.4 Å². The van der Waals surface area contributed by atoms with Crippen molar-refractivity contribution >= 4 is 15.7 Å². The van der Waals surface area contributed by atoms with Gasteiger partial charge < -0.3 is 10.2 Å². The lowest BCUT2D eigenvalue weighted by atomic mass is 9.99. The van der Waals surface area contributed by atoms with Crippen molar-refractivity contribution in [3.63, 3.8) is 0 Å². The van der Waals surface area contributed by atoms with E-state index in [0.29, 0.717) is 12.3 Å². The van der Waals surface area contributed by atoms with E-state index in [2.05, 4.69) is 12.2 Å². The molecule has 2 saturated heterocycles. The molecule has 2 heterocycles. The minimum Gasteiger partial charge on any atom is -0.342 e. The minimum atomic E-state index is -2.86. The van der Waals surface area contributed by atoms with Gasteiger partial charge in [0.05, 0.1) is 18.1 Å². The van der Waals surface area contributed by atoms with E-state index in [9.17, 15) is 13.2 Å². The normalized spacial score (nSPS) is 28.5. The standard InChI is InChI=1S/C12H22N2O3S/c1-10-2-5-14(6-3-10)12(15)8-13-11-4-7-18(16,17)9-11/h10-11,13H,2-9H2,1H3. The summed E-state index contributed by atoms with van der Waals surface area (Å²) in [4.78, 5) is 13.8. The van der Waals surface area contributed by atoms with Crippen LogP contribution in [0.25, 0.3) is 0 Å². The van der Waals surface area contributed by atoms with Crippen molar-refractivity contribution in [2.24, 2.45) is 5.92 Å². The fourth-order valence-electron chi connectivity index (χ4n) is 2.56. The van der Waals surface area contributed by atoms with Gasteiger partial charge in [0.15, 0.2) is 9.84 Å². The number of sulfone groups is 1. The van der Waals surface area contributed by atoms with Crippen LogP contribution in [0.2, 0.25) is 0 Å². The Morgan fingerprint density at radius 3 is 2.50 bits per heavy atom. The average molecular weight is 274 g/mol. The van der Waals surface area contributed by atoms with Crippen LogP contribution in [0.5, 0.6) is 0 Å². The molecule has 0 saturated carbocycles. The third-order valence-corrected chi connectivity index (χ3v) is 5.68. The van der Waals surface area contributed by atoms with Crippen molar-refractivity contribution < 1.29 is 13.2 Å². The highest BCUT2D eigenvalue weighted by atomic mass is 32.2. The Labute approximate surface area is 109 Å². The SMILES string of the molecule is CC1CCN(C(=O)CNC2CCS(=O)(=O)C2)CC1. The Hall–Kier alpha value is -0.620. The molecule has 2 aliphatic rings. The van der Waals surface area contributed by atoms with Gasteiger partial charge in [-0.1, -0.05) is 6.92 Å². The topological polar surface area (TPSA) is 66.5 Å². The van der Waals surface area contributed by atoms with Crippen LogP contribution in [0.15, 0.2) is 0 Å². The van der Waals surface area contributed by atoms with Gasteiger partial charge in [0.2, 0.25) is 5.91 Å². The first kappa shape index (κ1) is 13.8. The number of likely N-dealkylation sites (tertiary alicyclic amines) is 1. The number of carbonyl (C=O) groups excluding carboxylic acids is 1. The molecule has 1 amide bonds. The fourth-order valence-corrected chi connectivity index (χ4v) is 4.27. The summed E-state index contributed by atoms with van der Waals surface area (Å²) in [6.45, 7) is 4.16. The molecule has 1 unspecified atom stereocenters. The quantitative estimate of drug-likeness (QED) is 0.788. The summed E-state index contributed by atoms with van der Waals surface area (Å²) < 4.78 is 22.6. The molecule has 2 fully saturated rings. The molecule has 0 aromatic heterocycles. The van der Waals surface area contributed by atoms with Gasteiger partial charge in [-0.05, 0) is 25.2 Å². The predicted octanol–water partition coefficient (Wildman–Crippen LogP) is 0.0216. The summed E-state index contributed by atoms with van der Waals surface area (Å²) >= 11 is 0. The maximum Gasteiger partial charge on any atom is 0.236 e. The number of piperidine rings is 1. The molecular weight excluding hydrogens is 252 g/mol. The van der Waals surface area contributed by atoms with Gasteiger partial charge in [-0.2, -0.15) is 0 Å². The highest BCUT2D eigenvalue weighted by Crippen LogP contribution is 2.16. The first-order chi connectivity index (χ1) is 8.46. The van der Waals surface area contributed by atoms with Crippen molar-refractivity contribution in [2.75, 3.05) is 31.1 Å². The number of hydrogen-bond acceptors (Lipinski definition) is 4. The smallest absolute Gasteiger partial charge is 0.236 e. The highest BCUT2D eigenvalue weighted by Gasteiger charge is 2.28. The zero-order valence-electron chi connectivity index (χ0n) is 10.9. The molecule has 5 nitrogen and oxygen atoms in total. The highest BCUT2D eigenvalue weighted by molar-refractivity contribution is 7.91. The lowest BCUT2D eigenvalue weighted by molar-refractivity contribution is -0.131. The zero-order valence-corrected chi connectivity index (χ0v) is 11.7. The Kier molecular flexibility index (Phi) is 4.27. The lowest BCUT2D eigenvalue weighted by Crippen LogP contribution is -2.45. The number of rotatable bonds is 3. The first-order valence-corrected chi connectivity index (χ1v) is 8.50. The summed E-state index contributed by atoms with van der Waals surface area (Å²) in [5, 5.41) is 3.08. The number of carbonyl (C=O) groups is 1. The largest absolute Gasteiger partial charge is 0.342 e. The van der Waals surface area contributed by atoms with Crippen LogP contribution in [0.4, 0.5) is 0 Å². The summed E-state index contributed by atoms with van der Waals surface area (Å²) in [6.07, 6.45) is 2.78. The molecule has 0 aromatic rings. The number of nitrogens with zero attached hydrogens (tertiary/aromatic N) is 1. The second-order valence-electron chi connectivity index (χ2n) is 5.54. The van der Waals surface area contributed by atoms with Gasteiger partial charge in [-0.15, -0.1) is 0 Å². The second kappa shape index (κ2) is 5.57. The Balaban J connectivity index is 1.72. The van der Waals surface area contributed by atoms with Crippen LogP contribution >= 0.6 is 0 Å². The third-order valence-electron chi connectivity index (χ3n) is 3.91. The van der Waals surface area contributed by atoms with Crippen molar-refractivity contribution in [3.8, 4) is 0 Å². The summed E-state index contributed by atoms with van der Waals surface area (Å²) in [5.41, 5.74) is 0. The fraction of sp³-hybridized carbons (Fsp3) is 0.917. The first-order valence-electron chi connectivity index (χ1n) is 6.68. The summed E-state index contributed by atoms with van der Waals surface area (Å²) in [6, 6.07) is -0.0392. The molecular formula is C12H22N2O3S. The molecule has 0 aromatic carbocycles. The third kappa shape index (κ3) is 3.68. The maximum absolute atomic E-state index is 11.9. The molecule has 1 N–H and O–H groups in total. The van der Waals surface area contributed by atoms with Gasteiger partial charge in [-0.3, -0.25) is 4.79 Å². The van der Waals surface area contributed by atoms with Crippen LogP contribution in [0.3, 0.4) is 0 Å². The predicted molar refractivity (Wildman–Crippen MR) is 70.0 cm³/mol. The van der Waals surface area contributed by atoms with Crippen LogP contribution < -0.4 is 5.32 Å². The molecule has 0 radical (unpaired) electrons. The van der Waals surface area contributed by atoms with E-state index >= 15 is 0 Å². The van der Waals surface area contributed by atoms with Crippen LogP contribution in [-0.2, 0) is 14.6 Å². The maximum atomic E-state index is 11.9. The van der Waals surface area contributed by atoms with E-state index in [1.54, 1.807) is 0 Å². The molecule has 104 valence electrons. The molecule has 0 spiro atoms. The van der Waals surface area contributed by atoms with E-state index in [4.69, 9.17) is 0 Å². The second-order valence-corrected chi connectivity index (χ2v) is 7.77. The van der Waals surface area contributed by atoms with Gasteiger partial charge in [0, 0.05) is 19.1 Å². The molecule has 0 bridgehead atoms. The van der Waals surface area contributed by atoms with E-state index in [1.807, 2.05) is 4.90 Å². The lowest BCUT2D eigenvalue weighted by Gasteiger charge is -2.30. The van der Waals surface area contributed by atoms with Crippen LogP contribution in [0.1, 0.15) is 26.2 Å². The van der Waals surface area contributed by atoms with E-state index in [1.165, 1.54) is 0 Å². The molecule has 1 atom stereocenters. The van der Waals surface area contributed by atoms with E-state index in [0.717, 1.165) is 25.9 Å². The number of amides is 1. The average Bonchev–Trinajstić information content (AvgIpc) is 2.67. The van der Waals surface area contributed by atoms with Crippen molar-refractivity contribution in [1.82, 2.24) is 10.2 Å². The van der Waals surface area contributed by atoms with Gasteiger partial charge in [0.1, 0.15) is 0 Å². The summed E-state index contributed by atoms with van der Waals surface area (Å²) in [7, 11) is -2.86. The minimum absolute atomic E-state index is 0.0392. The molecule has 2 aliphatic heterocycles. The summed E-state index contributed by atoms with van der Waals surface area (Å²) in [5.74, 6) is 1.24. The van der Waals surface area contributed by atoms with Crippen molar-refractivity contribution in [2.45, 2.75) is 32.2 Å². The Morgan fingerprint density at radius 2 is 1.94 bits per heavy atom. The number of nitrogens with one attached hydrogen (secondary N) is 1. The molecule has 2 rings (SSSR count). The van der Waals surface area contributed by atoms with E-state index < -0.39 is 9.84 Å². The molecule has 0 aliphatic carbocycles. The Bertz CT molecular complexity index is 400. The van der Waals surface area contributed by atoms with Gasteiger partial charge in [0.25, 0.3) is 0 Å². The Morgan fingerprint density at radius 1 is 1.28 bits per heavy atom. The zero-order chi connectivity index (χ0) is 13.2. The molecule has 6 heteroatoms.